The van der Waals surface area contributed by atoms with Gasteiger partial charge in [-0.1, -0.05) is 18.2 Å². The topological polar surface area (TPSA) is 113 Å². The molecule has 0 saturated heterocycles. The molecule has 9 heteroatoms. The van der Waals surface area contributed by atoms with Crippen LogP contribution in [0.3, 0.4) is 0 Å². The van der Waals surface area contributed by atoms with E-state index in [9.17, 15) is 19.3 Å². The van der Waals surface area contributed by atoms with Crippen LogP contribution in [0.15, 0.2) is 42.5 Å². The average Bonchev–Trinajstić information content (AvgIpc) is 2.91. The molecule has 0 radical (unpaired) electrons. The molecule has 116 valence electrons. The van der Waals surface area contributed by atoms with Crippen LogP contribution >= 0.6 is 0 Å². The molecule has 3 N–H and O–H groups in total. The number of benzene rings is 2. The van der Waals surface area contributed by atoms with Crippen molar-refractivity contribution in [3.05, 3.63) is 58.4 Å². The van der Waals surface area contributed by atoms with E-state index in [4.69, 9.17) is 0 Å². The molecule has 0 bridgehead atoms. The number of urea groups is 1. The molecule has 0 atom stereocenters. The molecule has 0 unspecified atom stereocenters. The van der Waals surface area contributed by atoms with Gasteiger partial charge in [0, 0.05) is 6.07 Å². The Morgan fingerprint density at radius 2 is 1.96 bits per heavy atom. The number of H-pyrrole nitrogens is 1. The van der Waals surface area contributed by atoms with Crippen molar-refractivity contribution in [2.75, 3.05) is 10.6 Å². The molecular weight excluding hydrogens is 305 g/mol. The van der Waals surface area contributed by atoms with Crippen molar-refractivity contribution in [3.8, 4) is 0 Å². The second kappa shape index (κ2) is 5.72. The number of fused-ring (bicyclic) bond motifs is 1. The third kappa shape index (κ3) is 2.93. The summed E-state index contributed by atoms with van der Waals surface area (Å²) in [7, 11) is 0. The van der Waals surface area contributed by atoms with E-state index in [1.165, 1.54) is 30.3 Å². The maximum atomic E-state index is 13.5. The van der Waals surface area contributed by atoms with Gasteiger partial charge in [0.05, 0.1) is 16.1 Å². The highest BCUT2D eigenvalue weighted by molar-refractivity contribution is 6.00. The van der Waals surface area contributed by atoms with Gasteiger partial charge in [-0.3, -0.25) is 15.4 Å². The SMILES string of the molecule is O=C(Nc1nc2c([N+](=O)[O-])cccc2[nH]1)Nc1ccccc1F. The van der Waals surface area contributed by atoms with Crippen molar-refractivity contribution in [1.82, 2.24) is 9.97 Å². The van der Waals surface area contributed by atoms with E-state index in [1.54, 1.807) is 12.1 Å². The molecule has 0 fully saturated rings. The van der Waals surface area contributed by atoms with Crippen LogP contribution in [-0.4, -0.2) is 20.9 Å². The molecule has 3 rings (SSSR count). The van der Waals surface area contributed by atoms with Crippen LogP contribution in [0.2, 0.25) is 0 Å². The quantitative estimate of drug-likeness (QED) is 0.508. The van der Waals surface area contributed by atoms with Crippen molar-refractivity contribution in [2.45, 2.75) is 0 Å². The molecule has 0 aliphatic carbocycles. The number of hydrogen-bond acceptors (Lipinski definition) is 4. The molecule has 0 aliphatic heterocycles. The normalized spacial score (nSPS) is 10.5. The molecule has 2 amide bonds. The van der Waals surface area contributed by atoms with E-state index >= 15 is 0 Å². The van der Waals surface area contributed by atoms with E-state index in [-0.39, 0.29) is 22.8 Å². The highest BCUT2D eigenvalue weighted by atomic mass is 19.1. The third-order valence-electron chi connectivity index (χ3n) is 3.04. The summed E-state index contributed by atoms with van der Waals surface area (Å²) in [6, 6.07) is 9.36. The van der Waals surface area contributed by atoms with Crippen molar-refractivity contribution in [2.24, 2.45) is 0 Å². The van der Waals surface area contributed by atoms with E-state index in [1.807, 2.05) is 0 Å². The highest BCUT2D eigenvalue weighted by Gasteiger charge is 2.16. The number of nitro benzene ring substituents is 1. The van der Waals surface area contributed by atoms with Gasteiger partial charge in [-0.2, -0.15) is 0 Å². The van der Waals surface area contributed by atoms with Crippen molar-refractivity contribution in [1.29, 1.82) is 0 Å². The van der Waals surface area contributed by atoms with Gasteiger partial charge >= 0.3 is 6.03 Å². The maximum Gasteiger partial charge on any atom is 0.326 e. The standard InChI is InChI=1S/C14H10FN5O3/c15-8-4-1-2-5-9(8)17-14(21)19-13-16-10-6-3-7-11(20(22)23)12(10)18-13/h1-7H,(H3,16,17,18,19,21). The van der Waals surface area contributed by atoms with Gasteiger partial charge in [-0.05, 0) is 18.2 Å². The average molecular weight is 315 g/mol. The molecule has 1 aromatic heterocycles. The van der Waals surface area contributed by atoms with Crippen molar-refractivity contribution < 1.29 is 14.1 Å². The Labute approximate surface area is 128 Å². The number of nitro groups is 1. The molecule has 0 spiro atoms. The summed E-state index contributed by atoms with van der Waals surface area (Å²) >= 11 is 0. The Balaban J connectivity index is 1.82. The number of rotatable bonds is 3. The highest BCUT2D eigenvalue weighted by Crippen LogP contribution is 2.24. The van der Waals surface area contributed by atoms with Gasteiger partial charge < -0.3 is 10.3 Å². The minimum absolute atomic E-state index is 0.00657. The number of nitrogens with one attached hydrogen (secondary N) is 3. The summed E-state index contributed by atoms with van der Waals surface area (Å²) in [4.78, 5) is 28.9. The first-order chi connectivity index (χ1) is 11.0. The maximum absolute atomic E-state index is 13.5. The first kappa shape index (κ1) is 14.4. The fraction of sp³-hybridized carbons (Fsp3) is 0. The number of aromatic amines is 1. The lowest BCUT2D eigenvalue weighted by molar-refractivity contribution is -0.383. The Kier molecular flexibility index (Phi) is 3.59. The Hall–Kier alpha value is -3.49. The third-order valence-corrected chi connectivity index (χ3v) is 3.04. The lowest BCUT2D eigenvalue weighted by Crippen LogP contribution is -2.20. The number of imidazole rings is 1. The second-order valence-electron chi connectivity index (χ2n) is 4.57. The van der Waals surface area contributed by atoms with E-state index in [0.717, 1.165) is 0 Å². The molecule has 0 saturated carbocycles. The van der Waals surface area contributed by atoms with Gasteiger partial charge in [-0.25, -0.2) is 14.2 Å². The number of aromatic nitrogens is 2. The number of anilines is 2. The van der Waals surface area contributed by atoms with Crippen molar-refractivity contribution >= 4 is 34.4 Å². The Bertz CT molecular complexity index is 908. The van der Waals surface area contributed by atoms with Crippen LogP contribution in [0.4, 0.5) is 26.5 Å². The largest absolute Gasteiger partial charge is 0.326 e. The number of carbonyl (C=O) groups excluding carboxylic acids is 1. The number of carbonyl (C=O) groups is 1. The Morgan fingerprint density at radius 3 is 2.70 bits per heavy atom. The van der Waals surface area contributed by atoms with Crippen LogP contribution in [0.5, 0.6) is 0 Å². The summed E-state index contributed by atoms with van der Waals surface area (Å²) in [6.45, 7) is 0. The molecule has 8 nitrogen and oxygen atoms in total. The number of hydrogen-bond donors (Lipinski definition) is 3. The van der Waals surface area contributed by atoms with Gasteiger partial charge in [0.2, 0.25) is 5.95 Å². The van der Waals surface area contributed by atoms with Crippen LogP contribution in [0.1, 0.15) is 0 Å². The number of non-ortho nitro benzene ring substituents is 1. The second-order valence-corrected chi connectivity index (χ2v) is 4.57. The van der Waals surface area contributed by atoms with Crippen LogP contribution in [0, 0.1) is 15.9 Å². The van der Waals surface area contributed by atoms with Gasteiger partial charge in [0.25, 0.3) is 5.69 Å². The lowest BCUT2D eigenvalue weighted by atomic mass is 10.3. The van der Waals surface area contributed by atoms with Gasteiger partial charge in [-0.15, -0.1) is 0 Å². The van der Waals surface area contributed by atoms with Crippen molar-refractivity contribution in [3.63, 3.8) is 0 Å². The molecule has 23 heavy (non-hydrogen) atoms. The molecular formula is C14H10FN5O3. The monoisotopic (exact) mass is 315 g/mol. The molecule has 1 heterocycles. The first-order valence-corrected chi connectivity index (χ1v) is 6.50. The molecule has 2 aromatic carbocycles. The Morgan fingerprint density at radius 1 is 1.17 bits per heavy atom. The predicted octanol–water partition coefficient (Wildman–Crippen LogP) is 3.25. The number of amides is 2. The van der Waals surface area contributed by atoms with E-state index in [0.29, 0.717) is 5.52 Å². The first-order valence-electron chi connectivity index (χ1n) is 6.50. The van der Waals surface area contributed by atoms with Gasteiger partial charge in [0.1, 0.15) is 5.82 Å². The summed E-state index contributed by atoms with van der Waals surface area (Å²) in [6.07, 6.45) is 0. The van der Waals surface area contributed by atoms with Gasteiger partial charge in [0.15, 0.2) is 5.52 Å². The summed E-state index contributed by atoms with van der Waals surface area (Å²) in [5.74, 6) is -0.564. The summed E-state index contributed by atoms with van der Waals surface area (Å²) < 4.78 is 13.5. The van der Waals surface area contributed by atoms with Crippen LogP contribution in [0.25, 0.3) is 11.0 Å². The van der Waals surface area contributed by atoms with E-state index in [2.05, 4.69) is 20.6 Å². The minimum atomic E-state index is -0.725. The zero-order chi connectivity index (χ0) is 16.4. The zero-order valence-electron chi connectivity index (χ0n) is 11.5. The number of para-hydroxylation sites is 2. The summed E-state index contributed by atoms with van der Waals surface area (Å²) in [5, 5.41) is 15.6. The summed E-state index contributed by atoms with van der Waals surface area (Å²) in [5.41, 5.74) is 0.354. The number of nitrogens with zero attached hydrogens (tertiary/aromatic N) is 2. The molecule has 3 aromatic rings. The number of halogens is 1. The fourth-order valence-electron chi connectivity index (χ4n) is 2.05. The molecule has 0 aliphatic rings. The van der Waals surface area contributed by atoms with Crippen LogP contribution < -0.4 is 10.6 Å². The lowest BCUT2D eigenvalue weighted by Gasteiger charge is -2.05. The van der Waals surface area contributed by atoms with Crippen LogP contribution in [-0.2, 0) is 0 Å². The smallest absolute Gasteiger partial charge is 0.324 e. The minimum Gasteiger partial charge on any atom is -0.324 e. The zero-order valence-corrected chi connectivity index (χ0v) is 11.5. The van der Waals surface area contributed by atoms with E-state index < -0.39 is 16.8 Å². The fourth-order valence-corrected chi connectivity index (χ4v) is 2.05. The predicted molar refractivity (Wildman–Crippen MR) is 81.8 cm³/mol.